The molecule has 0 atom stereocenters. The van der Waals surface area contributed by atoms with Gasteiger partial charge in [0.15, 0.2) is 0 Å². The van der Waals surface area contributed by atoms with Gasteiger partial charge in [0, 0.05) is 5.71 Å². The molecule has 0 spiro atoms. The molecule has 0 aromatic carbocycles. The lowest BCUT2D eigenvalue weighted by atomic mass is 10.1. The first kappa shape index (κ1) is 8.60. The Balaban J connectivity index is 2.97. The largest absolute Gasteiger partial charge is 0.307 e. The molecule has 0 aromatic rings. The van der Waals surface area contributed by atoms with Gasteiger partial charge in [0.05, 0.1) is 0 Å². The second kappa shape index (κ2) is 5.73. The maximum atomic E-state index is 11.6. The van der Waals surface area contributed by atoms with E-state index in [0.717, 1.165) is 19.3 Å². The van der Waals surface area contributed by atoms with Crippen molar-refractivity contribution < 1.29 is 4.39 Å². The molecule has 0 radical (unpaired) electrons. The first-order chi connectivity index (χ1) is 4.31. The van der Waals surface area contributed by atoms with Crippen molar-refractivity contribution in [1.29, 1.82) is 5.41 Å². The van der Waals surface area contributed by atoms with E-state index in [2.05, 4.69) is 6.92 Å². The summed E-state index contributed by atoms with van der Waals surface area (Å²) in [5.41, 5.74) is 0.239. The van der Waals surface area contributed by atoms with Gasteiger partial charge in [0.2, 0.25) is 0 Å². The maximum absolute atomic E-state index is 11.6. The highest BCUT2D eigenvalue weighted by molar-refractivity contribution is 5.82. The minimum absolute atomic E-state index is 0.239. The standard InChI is InChI=1S/C7H14FN/c1-2-3-4-5-7(9)6-8/h9H,2-6H2,1H3. The average molecular weight is 131 g/mol. The molecule has 0 rings (SSSR count). The number of halogens is 1. The Morgan fingerprint density at radius 2 is 2.11 bits per heavy atom. The van der Waals surface area contributed by atoms with Crippen LogP contribution in [0.5, 0.6) is 0 Å². The van der Waals surface area contributed by atoms with Gasteiger partial charge in [-0.1, -0.05) is 19.8 Å². The fourth-order valence-corrected chi connectivity index (χ4v) is 0.655. The predicted octanol–water partition coefficient (Wildman–Crippen LogP) is 2.56. The lowest BCUT2D eigenvalue weighted by molar-refractivity contribution is 0.570. The summed E-state index contributed by atoms with van der Waals surface area (Å²) in [5.74, 6) is 0. The van der Waals surface area contributed by atoms with Crippen LogP contribution < -0.4 is 0 Å². The summed E-state index contributed by atoms with van der Waals surface area (Å²) >= 11 is 0. The molecule has 54 valence electrons. The van der Waals surface area contributed by atoms with Crippen LogP contribution in [0.4, 0.5) is 4.39 Å². The summed E-state index contributed by atoms with van der Waals surface area (Å²) < 4.78 is 11.6. The minimum atomic E-state index is -0.566. The van der Waals surface area contributed by atoms with Crippen LogP contribution in [0, 0.1) is 5.41 Å². The Hall–Kier alpha value is -0.400. The molecule has 2 heteroatoms. The second-order valence-electron chi connectivity index (χ2n) is 2.19. The van der Waals surface area contributed by atoms with Crippen LogP contribution in [0.25, 0.3) is 0 Å². The highest BCUT2D eigenvalue weighted by Crippen LogP contribution is 1.99. The lowest BCUT2D eigenvalue weighted by Gasteiger charge is -1.95. The molecule has 0 aliphatic carbocycles. The normalized spacial score (nSPS) is 9.56. The fourth-order valence-electron chi connectivity index (χ4n) is 0.655. The summed E-state index contributed by atoms with van der Waals surface area (Å²) in [7, 11) is 0. The van der Waals surface area contributed by atoms with Crippen LogP contribution in [0.1, 0.15) is 32.6 Å². The third-order valence-corrected chi connectivity index (χ3v) is 1.24. The molecule has 0 amide bonds. The Morgan fingerprint density at radius 3 is 2.56 bits per heavy atom. The third-order valence-electron chi connectivity index (χ3n) is 1.24. The van der Waals surface area contributed by atoms with Gasteiger partial charge in [0.25, 0.3) is 0 Å². The molecule has 0 saturated carbocycles. The van der Waals surface area contributed by atoms with Crippen molar-refractivity contribution in [1.82, 2.24) is 0 Å². The lowest BCUT2D eigenvalue weighted by Crippen LogP contribution is -1.97. The number of unbranched alkanes of at least 4 members (excludes halogenated alkanes) is 2. The van der Waals surface area contributed by atoms with E-state index in [1.807, 2.05) is 0 Å². The van der Waals surface area contributed by atoms with Gasteiger partial charge in [-0.2, -0.15) is 0 Å². The van der Waals surface area contributed by atoms with Crippen molar-refractivity contribution in [3.8, 4) is 0 Å². The highest BCUT2D eigenvalue weighted by Gasteiger charge is 1.93. The first-order valence-corrected chi connectivity index (χ1v) is 3.43. The molecule has 0 unspecified atom stereocenters. The van der Waals surface area contributed by atoms with Crippen LogP contribution in [0.2, 0.25) is 0 Å². The van der Waals surface area contributed by atoms with E-state index in [1.54, 1.807) is 0 Å². The van der Waals surface area contributed by atoms with E-state index in [0.29, 0.717) is 6.42 Å². The Kier molecular flexibility index (Phi) is 5.48. The van der Waals surface area contributed by atoms with Gasteiger partial charge in [-0.05, 0) is 12.8 Å². The fraction of sp³-hybridized carbons (Fsp3) is 0.857. The van der Waals surface area contributed by atoms with E-state index in [9.17, 15) is 4.39 Å². The van der Waals surface area contributed by atoms with E-state index in [4.69, 9.17) is 5.41 Å². The Labute approximate surface area is 55.8 Å². The molecule has 0 aromatic heterocycles. The zero-order chi connectivity index (χ0) is 7.11. The quantitative estimate of drug-likeness (QED) is 0.438. The SMILES string of the molecule is CCCCCC(=N)CF. The van der Waals surface area contributed by atoms with Gasteiger partial charge in [-0.15, -0.1) is 0 Å². The van der Waals surface area contributed by atoms with Gasteiger partial charge in [-0.25, -0.2) is 4.39 Å². The number of hydrogen-bond donors (Lipinski definition) is 1. The third kappa shape index (κ3) is 5.47. The topological polar surface area (TPSA) is 23.9 Å². The molecule has 0 fully saturated rings. The molecule has 0 heterocycles. The summed E-state index contributed by atoms with van der Waals surface area (Å²) in [4.78, 5) is 0. The number of rotatable bonds is 5. The van der Waals surface area contributed by atoms with Crippen LogP contribution in [0.15, 0.2) is 0 Å². The Bertz CT molecular complexity index is 81.0. The molecule has 0 bridgehead atoms. The minimum Gasteiger partial charge on any atom is -0.307 e. The Morgan fingerprint density at radius 1 is 1.44 bits per heavy atom. The van der Waals surface area contributed by atoms with Crippen LogP contribution >= 0.6 is 0 Å². The maximum Gasteiger partial charge on any atom is 0.127 e. The van der Waals surface area contributed by atoms with E-state index in [1.165, 1.54) is 0 Å². The van der Waals surface area contributed by atoms with Crippen molar-refractivity contribution in [3.63, 3.8) is 0 Å². The number of alkyl halides is 1. The summed E-state index contributed by atoms with van der Waals surface area (Å²) in [6, 6.07) is 0. The first-order valence-electron chi connectivity index (χ1n) is 3.43. The summed E-state index contributed by atoms with van der Waals surface area (Å²) in [5, 5.41) is 6.94. The van der Waals surface area contributed by atoms with E-state index < -0.39 is 6.67 Å². The molecule has 1 N–H and O–H groups in total. The molecule has 0 aliphatic rings. The van der Waals surface area contributed by atoms with Crippen molar-refractivity contribution in [2.45, 2.75) is 32.6 Å². The summed E-state index contributed by atoms with van der Waals surface area (Å²) in [6.07, 6.45) is 3.87. The molecule has 9 heavy (non-hydrogen) atoms. The molecule has 0 aliphatic heterocycles. The van der Waals surface area contributed by atoms with Crippen molar-refractivity contribution in [3.05, 3.63) is 0 Å². The van der Waals surface area contributed by atoms with Gasteiger partial charge in [-0.3, -0.25) is 0 Å². The molecular weight excluding hydrogens is 117 g/mol. The predicted molar refractivity (Wildman–Crippen MR) is 37.8 cm³/mol. The van der Waals surface area contributed by atoms with Crippen LogP contribution in [0.3, 0.4) is 0 Å². The van der Waals surface area contributed by atoms with Gasteiger partial charge in [0.1, 0.15) is 6.67 Å². The second-order valence-corrected chi connectivity index (χ2v) is 2.19. The van der Waals surface area contributed by atoms with Crippen molar-refractivity contribution in [2.24, 2.45) is 0 Å². The average Bonchev–Trinajstić information content (AvgIpc) is 1.89. The number of nitrogens with one attached hydrogen (secondary N) is 1. The van der Waals surface area contributed by atoms with Crippen molar-refractivity contribution in [2.75, 3.05) is 6.67 Å². The molecule has 1 nitrogen and oxygen atoms in total. The smallest absolute Gasteiger partial charge is 0.127 e. The van der Waals surface area contributed by atoms with Crippen LogP contribution in [-0.4, -0.2) is 12.4 Å². The monoisotopic (exact) mass is 131 g/mol. The molecular formula is C7H14FN. The number of hydrogen-bond acceptors (Lipinski definition) is 1. The van der Waals surface area contributed by atoms with Crippen molar-refractivity contribution >= 4 is 5.71 Å². The van der Waals surface area contributed by atoms with E-state index >= 15 is 0 Å². The van der Waals surface area contributed by atoms with Gasteiger partial charge >= 0.3 is 0 Å². The van der Waals surface area contributed by atoms with Crippen LogP contribution in [-0.2, 0) is 0 Å². The zero-order valence-corrected chi connectivity index (χ0v) is 5.91. The highest BCUT2D eigenvalue weighted by atomic mass is 19.1. The van der Waals surface area contributed by atoms with E-state index in [-0.39, 0.29) is 5.71 Å². The van der Waals surface area contributed by atoms with Gasteiger partial charge < -0.3 is 5.41 Å². The zero-order valence-electron chi connectivity index (χ0n) is 5.91. The summed E-state index contributed by atoms with van der Waals surface area (Å²) in [6.45, 7) is 1.53. The molecule has 0 saturated heterocycles.